The van der Waals surface area contributed by atoms with E-state index in [0.717, 1.165) is 5.92 Å². The second-order valence-corrected chi connectivity index (χ2v) is 6.49. The van der Waals surface area contributed by atoms with Crippen molar-refractivity contribution in [1.29, 1.82) is 0 Å². The first-order chi connectivity index (χ1) is 8.79. The van der Waals surface area contributed by atoms with Crippen LogP contribution in [0.1, 0.15) is 43.5 Å². The number of hydrogen-bond donors (Lipinski definition) is 1. The summed E-state index contributed by atoms with van der Waals surface area (Å²) in [7, 11) is 2.23. The molecule has 0 spiro atoms. The Hall–Kier alpha value is -0.380. The quantitative estimate of drug-likeness (QED) is 0.847. The summed E-state index contributed by atoms with van der Waals surface area (Å²) in [6.07, 6.45) is 5.22. The van der Waals surface area contributed by atoms with Crippen molar-refractivity contribution in [2.75, 3.05) is 26.7 Å². The van der Waals surface area contributed by atoms with Gasteiger partial charge in [-0.05, 0) is 63.3 Å². The van der Waals surface area contributed by atoms with Crippen LogP contribution in [0, 0.1) is 5.92 Å². The van der Waals surface area contributed by atoms with Gasteiger partial charge in [0.15, 0.2) is 0 Å². The van der Waals surface area contributed by atoms with E-state index in [2.05, 4.69) is 41.7 Å². The lowest BCUT2D eigenvalue weighted by molar-refractivity contribution is 0.212. The second-order valence-electron chi connectivity index (χ2n) is 5.51. The Kier molecular flexibility index (Phi) is 5.67. The van der Waals surface area contributed by atoms with Crippen LogP contribution in [0.15, 0.2) is 17.5 Å². The van der Waals surface area contributed by atoms with E-state index in [4.69, 9.17) is 0 Å². The number of rotatable bonds is 6. The summed E-state index contributed by atoms with van der Waals surface area (Å²) in [5.41, 5.74) is 0. The fourth-order valence-corrected chi connectivity index (χ4v) is 3.54. The van der Waals surface area contributed by atoms with E-state index in [1.807, 2.05) is 11.3 Å². The molecule has 0 radical (unpaired) electrons. The fourth-order valence-electron chi connectivity index (χ4n) is 2.70. The van der Waals surface area contributed by atoms with E-state index in [9.17, 15) is 0 Å². The van der Waals surface area contributed by atoms with E-state index >= 15 is 0 Å². The van der Waals surface area contributed by atoms with E-state index in [1.165, 1.54) is 50.2 Å². The number of piperidine rings is 1. The molecule has 18 heavy (non-hydrogen) atoms. The van der Waals surface area contributed by atoms with Crippen LogP contribution < -0.4 is 5.32 Å². The fraction of sp³-hybridized carbons (Fsp3) is 0.733. The minimum Gasteiger partial charge on any atom is -0.309 e. The predicted molar refractivity (Wildman–Crippen MR) is 80.2 cm³/mol. The van der Waals surface area contributed by atoms with Crippen molar-refractivity contribution in [3.63, 3.8) is 0 Å². The van der Waals surface area contributed by atoms with Gasteiger partial charge in [-0.3, -0.25) is 0 Å². The highest BCUT2D eigenvalue weighted by Crippen LogP contribution is 2.24. The summed E-state index contributed by atoms with van der Waals surface area (Å²) < 4.78 is 0. The summed E-state index contributed by atoms with van der Waals surface area (Å²) in [4.78, 5) is 3.95. The molecule has 0 bridgehead atoms. The van der Waals surface area contributed by atoms with Crippen LogP contribution in [-0.4, -0.2) is 31.6 Å². The number of thiophene rings is 1. The number of likely N-dealkylation sites (tertiary alicyclic amines) is 1. The van der Waals surface area contributed by atoms with Crippen LogP contribution in [0.3, 0.4) is 0 Å². The van der Waals surface area contributed by atoms with Gasteiger partial charge in [0.2, 0.25) is 0 Å². The largest absolute Gasteiger partial charge is 0.309 e. The third-order valence-corrected chi connectivity index (χ3v) is 4.94. The van der Waals surface area contributed by atoms with Crippen LogP contribution in [0.5, 0.6) is 0 Å². The van der Waals surface area contributed by atoms with Gasteiger partial charge in [0.25, 0.3) is 0 Å². The third kappa shape index (κ3) is 4.08. The van der Waals surface area contributed by atoms with Gasteiger partial charge in [-0.25, -0.2) is 0 Å². The van der Waals surface area contributed by atoms with E-state index in [1.54, 1.807) is 0 Å². The zero-order valence-electron chi connectivity index (χ0n) is 11.7. The lowest BCUT2D eigenvalue weighted by atomic mass is 9.96. The van der Waals surface area contributed by atoms with E-state index < -0.39 is 0 Å². The van der Waals surface area contributed by atoms with Crippen molar-refractivity contribution in [3.8, 4) is 0 Å². The molecule has 0 aliphatic carbocycles. The van der Waals surface area contributed by atoms with E-state index in [-0.39, 0.29) is 0 Å². The Bertz CT molecular complexity index is 315. The minimum atomic E-state index is 0.578. The maximum Gasteiger partial charge on any atom is 0.0414 e. The van der Waals surface area contributed by atoms with Gasteiger partial charge in [-0.1, -0.05) is 19.4 Å². The molecule has 0 saturated carbocycles. The Labute approximate surface area is 115 Å². The summed E-state index contributed by atoms with van der Waals surface area (Å²) >= 11 is 1.89. The Morgan fingerprint density at radius 2 is 2.22 bits per heavy atom. The van der Waals surface area contributed by atoms with Crippen LogP contribution >= 0.6 is 11.3 Å². The van der Waals surface area contributed by atoms with Crippen molar-refractivity contribution in [2.24, 2.45) is 5.92 Å². The normalized spacial score (nSPS) is 20.1. The molecule has 1 atom stereocenters. The molecule has 0 aromatic carbocycles. The molecule has 1 fully saturated rings. The Morgan fingerprint density at radius 1 is 1.44 bits per heavy atom. The molecule has 1 aliphatic heterocycles. The van der Waals surface area contributed by atoms with Gasteiger partial charge < -0.3 is 10.2 Å². The lowest BCUT2D eigenvalue weighted by Gasteiger charge is -2.30. The zero-order valence-corrected chi connectivity index (χ0v) is 12.5. The second kappa shape index (κ2) is 7.27. The highest BCUT2D eigenvalue weighted by atomic mass is 32.1. The maximum atomic E-state index is 3.80. The van der Waals surface area contributed by atoms with Crippen molar-refractivity contribution in [2.45, 2.75) is 38.6 Å². The monoisotopic (exact) mass is 266 g/mol. The first kappa shape index (κ1) is 14.0. The molecule has 2 heterocycles. The predicted octanol–water partition coefficient (Wildman–Crippen LogP) is 3.52. The molecule has 0 amide bonds. The van der Waals surface area contributed by atoms with Crippen LogP contribution in [0.2, 0.25) is 0 Å². The van der Waals surface area contributed by atoms with Gasteiger partial charge in [0.05, 0.1) is 0 Å². The lowest BCUT2D eigenvalue weighted by Crippen LogP contribution is -2.36. The van der Waals surface area contributed by atoms with Crippen LogP contribution in [0.4, 0.5) is 0 Å². The summed E-state index contributed by atoms with van der Waals surface area (Å²) in [5, 5.41) is 5.99. The van der Waals surface area contributed by atoms with Gasteiger partial charge in [0, 0.05) is 10.9 Å². The molecular formula is C15H26N2S. The van der Waals surface area contributed by atoms with Crippen LogP contribution in [0.25, 0.3) is 0 Å². The van der Waals surface area contributed by atoms with Crippen molar-refractivity contribution in [1.82, 2.24) is 10.2 Å². The molecule has 2 nitrogen and oxygen atoms in total. The molecule has 1 aliphatic rings. The number of nitrogens with zero attached hydrogens (tertiary/aromatic N) is 1. The van der Waals surface area contributed by atoms with Gasteiger partial charge in [0.1, 0.15) is 0 Å². The zero-order chi connectivity index (χ0) is 12.8. The summed E-state index contributed by atoms with van der Waals surface area (Å²) in [5.74, 6) is 0.875. The first-order valence-electron chi connectivity index (χ1n) is 7.25. The topological polar surface area (TPSA) is 15.3 Å². The Balaban J connectivity index is 1.79. The van der Waals surface area contributed by atoms with Gasteiger partial charge in [-0.15, -0.1) is 11.3 Å². The average molecular weight is 266 g/mol. The third-order valence-electron chi connectivity index (χ3n) is 3.96. The van der Waals surface area contributed by atoms with Crippen molar-refractivity contribution in [3.05, 3.63) is 22.4 Å². The van der Waals surface area contributed by atoms with Crippen LogP contribution in [-0.2, 0) is 0 Å². The summed E-state index contributed by atoms with van der Waals surface area (Å²) in [6, 6.07) is 5.02. The molecule has 1 aromatic rings. The van der Waals surface area contributed by atoms with E-state index in [0.29, 0.717) is 6.04 Å². The van der Waals surface area contributed by atoms with Crippen molar-refractivity contribution >= 4 is 11.3 Å². The molecule has 1 aromatic heterocycles. The van der Waals surface area contributed by atoms with Crippen molar-refractivity contribution < 1.29 is 0 Å². The SMILES string of the molecule is CCCC(NCC1CCN(C)CC1)c1cccs1. The number of hydrogen-bond acceptors (Lipinski definition) is 3. The molecule has 2 rings (SSSR count). The molecule has 1 saturated heterocycles. The maximum absolute atomic E-state index is 3.80. The summed E-state index contributed by atoms with van der Waals surface area (Å²) in [6.45, 7) is 6.00. The highest BCUT2D eigenvalue weighted by Gasteiger charge is 2.18. The number of nitrogens with one attached hydrogen (secondary N) is 1. The standard InChI is InChI=1S/C15H26N2S/c1-3-5-14(15-6-4-11-18-15)16-12-13-7-9-17(2)10-8-13/h4,6,11,13-14,16H,3,5,7-10,12H2,1-2H3. The molecule has 3 heteroatoms. The van der Waals surface area contributed by atoms with Gasteiger partial charge >= 0.3 is 0 Å². The molecule has 1 unspecified atom stereocenters. The smallest absolute Gasteiger partial charge is 0.0414 e. The molecular weight excluding hydrogens is 240 g/mol. The molecule has 1 N–H and O–H groups in total. The Morgan fingerprint density at radius 3 is 2.83 bits per heavy atom. The minimum absolute atomic E-state index is 0.578. The first-order valence-corrected chi connectivity index (χ1v) is 8.13. The highest BCUT2D eigenvalue weighted by molar-refractivity contribution is 7.10. The van der Waals surface area contributed by atoms with Gasteiger partial charge in [-0.2, -0.15) is 0 Å². The molecule has 102 valence electrons. The average Bonchev–Trinajstić information content (AvgIpc) is 2.90.